The van der Waals surface area contributed by atoms with Crippen molar-refractivity contribution in [1.82, 2.24) is 19.6 Å². The summed E-state index contributed by atoms with van der Waals surface area (Å²) in [5.41, 5.74) is 2.53. The summed E-state index contributed by atoms with van der Waals surface area (Å²) >= 11 is 0. The van der Waals surface area contributed by atoms with Gasteiger partial charge in [0.2, 0.25) is 0 Å². The average Bonchev–Trinajstić information content (AvgIpc) is 3.14. The highest BCUT2D eigenvalue weighted by molar-refractivity contribution is 6.02. The molecular formula is C17H19N5O. The van der Waals surface area contributed by atoms with E-state index >= 15 is 0 Å². The van der Waals surface area contributed by atoms with E-state index in [0.717, 1.165) is 11.3 Å². The average molecular weight is 309 g/mol. The maximum Gasteiger partial charge on any atom is 0.275 e. The second-order valence-electron chi connectivity index (χ2n) is 5.33. The molecular weight excluding hydrogens is 290 g/mol. The number of aryl methyl sites for hydroxylation is 2. The summed E-state index contributed by atoms with van der Waals surface area (Å²) in [4.78, 5) is 12.4. The Morgan fingerprint density at radius 2 is 1.96 bits per heavy atom. The number of nitrogens with one attached hydrogen (secondary N) is 1. The van der Waals surface area contributed by atoms with Crippen LogP contribution in [-0.2, 0) is 13.1 Å². The molecule has 0 bridgehead atoms. The van der Waals surface area contributed by atoms with Gasteiger partial charge in [-0.15, -0.1) is 0 Å². The first-order chi connectivity index (χ1) is 11.2. The molecule has 0 aliphatic heterocycles. The molecule has 0 unspecified atom stereocenters. The van der Waals surface area contributed by atoms with E-state index in [1.165, 1.54) is 0 Å². The monoisotopic (exact) mass is 309 g/mol. The summed E-state index contributed by atoms with van der Waals surface area (Å²) in [6.07, 6.45) is 1.85. The molecule has 0 aliphatic carbocycles. The van der Waals surface area contributed by atoms with Gasteiger partial charge in [0.05, 0.1) is 12.2 Å². The number of amides is 1. The Balaban J connectivity index is 1.70. The summed E-state index contributed by atoms with van der Waals surface area (Å²) in [5.74, 6) is 0.338. The third-order valence-corrected chi connectivity index (χ3v) is 3.50. The van der Waals surface area contributed by atoms with Crippen LogP contribution in [0.15, 0.2) is 48.7 Å². The Hall–Kier alpha value is -2.89. The standard InChI is InChI=1S/C17H19N5O/c1-3-22-15(11-13(2)19-22)17(23)18-16-9-10-21(20-16)12-14-7-5-4-6-8-14/h4-11H,3,12H2,1-2H3,(H,18,20,23). The SMILES string of the molecule is CCn1nc(C)cc1C(=O)Nc1ccn(Cc2ccccc2)n1. The van der Waals surface area contributed by atoms with Crippen LogP contribution < -0.4 is 5.32 Å². The summed E-state index contributed by atoms with van der Waals surface area (Å²) in [6.45, 7) is 5.15. The third-order valence-electron chi connectivity index (χ3n) is 3.50. The fourth-order valence-corrected chi connectivity index (χ4v) is 2.44. The smallest absolute Gasteiger partial charge is 0.275 e. The minimum Gasteiger partial charge on any atom is -0.304 e. The van der Waals surface area contributed by atoms with E-state index < -0.39 is 0 Å². The molecule has 1 N–H and O–H groups in total. The van der Waals surface area contributed by atoms with Crippen LogP contribution in [0.25, 0.3) is 0 Å². The summed E-state index contributed by atoms with van der Waals surface area (Å²) in [6, 6.07) is 13.6. The Morgan fingerprint density at radius 3 is 2.70 bits per heavy atom. The number of hydrogen-bond acceptors (Lipinski definition) is 3. The molecule has 0 aliphatic rings. The lowest BCUT2D eigenvalue weighted by Gasteiger charge is -2.04. The van der Waals surface area contributed by atoms with Crippen LogP contribution in [0.3, 0.4) is 0 Å². The molecule has 0 fully saturated rings. The molecule has 3 aromatic rings. The van der Waals surface area contributed by atoms with Gasteiger partial charge in [-0.05, 0) is 25.5 Å². The van der Waals surface area contributed by atoms with Gasteiger partial charge in [-0.25, -0.2) is 0 Å². The normalized spacial score (nSPS) is 10.7. The lowest BCUT2D eigenvalue weighted by molar-refractivity contribution is 0.101. The largest absolute Gasteiger partial charge is 0.304 e. The van der Waals surface area contributed by atoms with Gasteiger partial charge in [-0.1, -0.05) is 30.3 Å². The lowest BCUT2D eigenvalue weighted by atomic mass is 10.2. The Bertz CT molecular complexity index is 804. The van der Waals surface area contributed by atoms with Gasteiger partial charge in [0.1, 0.15) is 5.69 Å². The molecule has 23 heavy (non-hydrogen) atoms. The quantitative estimate of drug-likeness (QED) is 0.788. The maximum absolute atomic E-state index is 12.4. The zero-order valence-corrected chi connectivity index (χ0v) is 13.2. The number of carbonyl (C=O) groups excluding carboxylic acids is 1. The predicted molar refractivity (Wildman–Crippen MR) is 88.4 cm³/mol. The van der Waals surface area contributed by atoms with Crippen molar-refractivity contribution in [2.45, 2.75) is 26.9 Å². The fourth-order valence-electron chi connectivity index (χ4n) is 2.44. The topological polar surface area (TPSA) is 64.7 Å². The Morgan fingerprint density at radius 1 is 1.17 bits per heavy atom. The molecule has 2 aromatic heterocycles. The van der Waals surface area contributed by atoms with Crippen molar-refractivity contribution < 1.29 is 4.79 Å². The fraction of sp³-hybridized carbons (Fsp3) is 0.235. The molecule has 0 spiro atoms. The van der Waals surface area contributed by atoms with E-state index in [2.05, 4.69) is 15.5 Å². The summed E-state index contributed by atoms with van der Waals surface area (Å²) in [7, 11) is 0. The van der Waals surface area contributed by atoms with Crippen LogP contribution in [0, 0.1) is 6.92 Å². The van der Waals surface area contributed by atoms with Gasteiger partial charge >= 0.3 is 0 Å². The van der Waals surface area contributed by atoms with Gasteiger partial charge < -0.3 is 5.32 Å². The first-order valence-corrected chi connectivity index (χ1v) is 7.59. The van der Waals surface area contributed by atoms with Crippen LogP contribution >= 0.6 is 0 Å². The van der Waals surface area contributed by atoms with E-state index in [9.17, 15) is 4.79 Å². The van der Waals surface area contributed by atoms with Crippen LogP contribution in [0.5, 0.6) is 0 Å². The van der Waals surface area contributed by atoms with Gasteiger partial charge in [0, 0.05) is 18.8 Å². The third kappa shape index (κ3) is 3.48. The van der Waals surface area contributed by atoms with Crippen LogP contribution in [0.1, 0.15) is 28.7 Å². The highest BCUT2D eigenvalue weighted by Crippen LogP contribution is 2.10. The molecule has 0 atom stereocenters. The van der Waals surface area contributed by atoms with Gasteiger partial charge in [-0.2, -0.15) is 10.2 Å². The molecule has 3 rings (SSSR count). The molecule has 6 heteroatoms. The van der Waals surface area contributed by atoms with E-state index in [-0.39, 0.29) is 5.91 Å². The highest BCUT2D eigenvalue weighted by Gasteiger charge is 2.14. The second-order valence-corrected chi connectivity index (χ2v) is 5.33. The van der Waals surface area contributed by atoms with Gasteiger partial charge in [-0.3, -0.25) is 14.2 Å². The van der Waals surface area contributed by atoms with Crippen molar-refractivity contribution in [3.05, 3.63) is 65.6 Å². The van der Waals surface area contributed by atoms with E-state index in [0.29, 0.717) is 24.6 Å². The number of rotatable bonds is 5. The van der Waals surface area contributed by atoms with Crippen molar-refractivity contribution in [2.75, 3.05) is 5.32 Å². The number of aromatic nitrogens is 4. The van der Waals surface area contributed by atoms with Gasteiger partial charge in [0.15, 0.2) is 5.82 Å². The molecule has 1 aromatic carbocycles. The molecule has 2 heterocycles. The van der Waals surface area contributed by atoms with Crippen molar-refractivity contribution >= 4 is 11.7 Å². The zero-order chi connectivity index (χ0) is 16.2. The van der Waals surface area contributed by atoms with Crippen molar-refractivity contribution in [3.63, 3.8) is 0 Å². The van der Waals surface area contributed by atoms with Crippen molar-refractivity contribution in [2.24, 2.45) is 0 Å². The molecule has 0 radical (unpaired) electrons. The molecule has 118 valence electrons. The number of hydrogen-bond donors (Lipinski definition) is 1. The van der Waals surface area contributed by atoms with Crippen LogP contribution in [0.4, 0.5) is 5.82 Å². The predicted octanol–water partition coefficient (Wildman–Crippen LogP) is 2.71. The van der Waals surface area contributed by atoms with E-state index in [1.54, 1.807) is 21.5 Å². The number of nitrogens with zero attached hydrogens (tertiary/aromatic N) is 4. The van der Waals surface area contributed by atoms with Gasteiger partial charge in [0.25, 0.3) is 5.91 Å². The lowest BCUT2D eigenvalue weighted by Crippen LogP contribution is -2.17. The number of anilines is 1. The Labute approximate surface area is 134 Å². The van der Waals surface area contributed by atoms with Crippen LogP contribution in [0.2, 0.25) is 0 Å². The molecule has 6 nitrogen and oxygen atoms in total. The Kier molecular flexibility index (Phi) is 4.23. The summed E-state index contributed by atoms with van der Waals surface area (Å²) < 4.78 is 3.49. The van der Waals surface area contributed by atoms with Crippen molar-refractivity contribution in [3.8, 4) is 0 Å². The highest BCUT2D eigenvalue weighted by atomic mass is 16.2. The van der Waals surface area contributed by atoms with E-state index in [1.807, 2.05) is 50.4 Å². The van der Waals surface area contributed by atoms with Crippen LogP contribution in [-0.4, -0.2) is 25.5 Å². The molecule has 0 saturated heterocycles. The molecule has 0 saturated carbocycles. The van der Waals surface area contributed by atoms with E-state index in [4.69, 9.17) is 0 Å². The van der Waals surface area contributed by atoms with Crippen molar-refractivity contribution in [1.29, 1.82) is 0 Å². The second kappa shape index (κ2) is 6.48. The first-order valence-electron chi connectivity index (χ1n) is 7.59. The zero-order valence-electron chi connectivity index (χ0n) is 13.2. The minimum atomic E-state index is -0.197. The minimum absolute atomic E-state index is 0.197. The molecule has 1 amide bonds. The maximum atomic E-state index is 12.4. The first kappa shape index (κ1) is 15.0. The number of carbonyl (C=O) groups is 1. The number of benzene rings is 1. The summed E-state index contributed by atoms with van der Waals surface area (Å²) in [5, 5.41) is 11.5.